The minimum absolute atomic E-state index is 0.00355. The highest BCUT2D eigenvalue weighted by molar-refractivity contribution is 6.42. The van der Waals surface area contributed by atoms with E-state index in [1.54, 1.807) is 25.1 Å². The predicted molar refractivity (Wildman–Crippen MR) is 99.1 cm³/mol. The molecule has 7 nitrogen and oxygen atoms in total. The number of hydrogen-bond donors (Lipinski definition) is 1. The van der Waals surface area contributed by atoms with Crippen molar-refractivity contribution in [1.82, 2.24) is 20.2 Å². The minimum atomic E-state index is -0.573. The first-order valence-corrected chi connectivity index (χ1v) is 8.63. The minimum Gasteiger partial charge on any atom is -0.491 e. The molecule has 1 aromatic heterocycles. The van der Waals surface area contributed by atoms with E-state index >= 15 is 0 Å². The van der Waals surface area contributed by atoms with E-state index < -0.39 is 11.7 Å². The molecule has 0 spiro atoms. The summed E-state index contributed by atoms with van der Waals surface area (Å²) in [6.07, 6.45) is -0.00355. The molecular weight excluding hydrogens is 396 g/mol. The fraction of sp³-hybridized carbons (Fsp3) is 0.176. The summed E-state index contributed by atoms with van der Waals surface area (Å²) in [7, 11) is 0. The molecule has 0 radical (unpaired) electrons. The Labute approximate surface area is 164 Å². The normalized spacial score (nSPS) is 10.7. The van der Waals surface area contributed by atoms with Crippen LogP contribution in [-0.4, -0.2) is 32.7 Å². The lowest BCUT2D eigenvalue weighted by atomic mass is 10.2. The number of aromatic nitrogens is 4. The standard InChI is InChI=1S/C17H14Cl2FN5O2/c1-10-22-23-24-25(10)11-5-6-13(20)14(9-11)21-16(26)7-8-27-15-4-2-3-12(18)17(15)19/h2-6,9H,7-8H2,1H3,(H,21,26). The van der Waals surface area contributed by atoms with Crippen molar-refractivity contribution in [3.8, 4) is 11.4 Å². The lowest BCUT2D eigenvalue weighted by Crippen LogP contribution is -2.16. The zero-order valence-electron chi connectivity index (χ0n) is 14.1. The SMILES string of the molecule is Cc1nnnn1-c1ccc(F)c(NC(=O)CCOc2cccc(Cl)c2Cl)c1. The van der Waals surface area contributed by atoms with Crippen molar-refractivity contribution in [3.05, 3.63) is 58.1 Å². The highest BCUT2D eigenvalue weighted by atomic mass is 35.5. The number of halogens is 3. The van der Waals surface area contributed by atoms with Crippen LogP contribution in [0.4, 0.5) is 10.1 Å². The van der Waals surface area contributed by atoms with Crippen LogP contribution in [0, 0.1) is 12.7 Å². The Morgan fingerprint density at radius 1 is 1.30 bits per heavy atom. The molecule has 27 heavy (non-hydrogen) atoms. The van der Waals surface area contributed by atoms with Crippen molar-refractivity contribution < 1.29 is 13.9 Å². The largest absolute Gasteiger partial charge is 0.491 e. The lowest BCUT2D eigenvalue weighted by Gasteiger charge is -2.11. The molecule has 10 heteroatoms. The molecule has 0 saturated heterocycles. The van der Waals surface area contributed by atoms with Gasteiger partial charge in [0.15, 0.2) is 5.82 Å². The summed E-state index contributed by atoms with van der Waals surface area (Å²) in [6, 6.07) is 9.15. The third kappa shape index (κ3) is 4.53. The first-order chi connectivity index (χ1) is 13.0. The van der Waals surface area contributed by atoms with Crippen LogP contribution in [-0.2, 0) is 4.79 Å². The van der Waals surface area contributed by atoms with Crippen LogP contribution in [0.5, 0.6) is 5.75 Å². The van der Waals surface area contributed by atoms with E-state index in [4.69, 9.17) is 27.9 Å². The summed E-state index contributed by atoms with van der Waals surface area (Å²) in [5.74, 6) is -0.0840. The third-order valence-electron chi connectivity index (χ3n) is 3.60. The highest BCUT2D eigenvalue weighted by Crippen LogP contribution is 2.31. The fourth-order valence-corrected chi connectivity index (χ4v) is 2.62. The number of nitrogens with one attached hydrogen (secondary N) is 1. The Hall–Kier alpha value is -2.71. The van der Waals surface area contributed by atoms with Crippen molar-refractivity contribution in [3.63, 3.8) is 0 Å². The fourth-order valence-electron chi connectivity index (χ4n) is 2.27. The quantitative estimate of drug-likeness (QED) is 0.668. The van der Waals surface area contributed by atoms with Crippen molar-refractivity contribution in [2.24, 2.45) is 0 Å². The topological polar surface area (TPSA) is 81.9 Å². The van der Waals surface area contributed by atoms with E-state index in [0.717, 1.165) is 0 Å². The van der Waals surface area contributed by atoms with Gasteiger partial charge in [-0.05, 0) is 47.7 Å². The van der Waals surface area contributed by atoms with Gasteiger partial charge in [0.25, 0.3) is 0 Å². The van der Waals surface area contributed by atoms with Crippen LogP contribution in [0.3, 0.4) is 0 Å². The van der Waals surface area contributed by atoms with Gasteiger partial charge in [0.05, 0.1) is 29.4 Å². The number of tetrazole rings is 1. The molecule has 0 aliphatic rings. The number of rotatable bonds is 6. The van der Waals surface area contributed by atoms with E-state index in [1.165, 1.54) is 22.9 Å². The van der Waals surface area contributed by atoms with E-state index in [1.807, 2.05) is 0 Å². The molecule has 1 amide bonds. The Bertz CT molecular complexity index is 980. The predicted octanol–water partition coefficient (Wildman–Crippen LogP) is 3.82. The van der Waals surface area contributed by atoms with Gasteiger partial charge >= 0.3 is 0 Å². The number of benzene rings is 2. The molecule has 0 bridgehead atoms. The van der Waals surface area contributed by atoms with Crippen LogP contribution >= 0.6 is 23.2 Å². The summed E-state index contributed by atoms with van der Waals surface area (Å²) in [5.41, 5.74) is 0.546. The monoisotopic (exact) mass is 409 g/mol. The average Bonchev–Trinajstić information content (AvgIpc) is 3.06. The van der Waals surface area contributed by atoms with Crippen LogP contribution in [0.25, 0.3) is 5.69 Å². The number of amides is 1. The van der Waals surface area contributed by atoms with Crippen LogP contribution in [0.1, 0.15) is 12.2 Å². The van der Waals surface area contributed by atoms with Gasteiger partial charge in [0.1, 0.15) is 16.6 Å². The molecule has 0 fully saturated rings. The molecule has 1 heterocycles. The lowest BCUT2D eigenvalue weighted by molar-refractivity contribution is -0.116. The zero-order valence-corrected chi connectivity index (χ0v) is 15.6. The molecule has 0 aliphatic heterocycles. The van der Waals surface area contributed by atoms with Gasteiger partial charge in [0, 0.05) is 0 Å². The summed E-state index contributed by atoms with van der Waals surface area (Å²) < 4.78 is 20.9. The molecule has 0 saturated carbocycles. The van der Waals surface area contributed by atoms with Gasteiger partial charge in [-0.3, -0.25) is 4.79 Å². The Kier molecular flexibility index (Phi) is 5.88. The van der Waals surface area contributed by atoms with Crippen molar-refractivity contribution >= 4 is 34.8 Å². The molecule has 0 atom stereocenters. The van der Waals surface area contributed by atoms with Gasteiger partial charge in [-0.15, -0.1) is 5.10 Å². The van der Waals surface area contributed by atoms with E-state index in [0.29, 0.717) is 22.3 Å². The number of nitrogens with zero attached hydrogens (tertiary/aromatic N) is 4. The van der Waals surface area contributed by atoms with Crippen LogP contribution < -0.4 is 10.1 Å². The Balaban J connectivity index is 1.62. The van der Waals surface area contributed by atoms with Gasteiger partial charge in [0.2, 0.25) is 5.91 Å². The first-order valence-electron chi connectivity index (χ1n) is 7.87. The van der Waals surface area contributed by atoms with Crippen LogP contribution in [0.15, 0.2) is 36.4 Å². The van der Waals surface area contributed by atoms with E-state index in [-0.39, 0.29) is 23.7 Å². The zero-order chi connectivity index (χ0) is 19.4. The smallest absolute Gasteiger partial charge is 0.227 e. The molecule has 3 rings (SSSR count). The second-order valence-corrected chi connectivity index (χ2v) is 6.29. The van der Waals surface area contributed by atoms with Crippen LogP contribution in [0.2, 0.25) is 10.0 Å². The first kappa shape index (κ1) is 19.1. The van der Waals surface area contributed by atoms with Crippen molar-refractivity contribution in [1.29, 1.82) is 0 Å². The second-order valence-electron chi connectivity index (χ2n) is 5.50. The number of aryl methyl sites for hydroxylation is 1. The van der Waals surface area contributed by atoms with Gasteiger partial charge < -0.3 is 10.1 Å². The highest BCUT2D eigenvalue weighted by Gasteiger charge is 2.12. The number of ether oxygens (including phenoxy) is 1. The number of hydrogen-bond acceptors (Lipinski definition) is 5. The molecule has 0 aliphatic carbocycles. The molecule has 3 aromatic rings. The summed E-state index contributed by atoms with van der Waals surface area (Å²) in [6.45, 7) is 1.76. The Morgan fingerprint density at radius 2 is 2.11 bits per heavy atom. The number of anilines is 1. The maximum absolute atomic E-state index is 14.0. The average molecular weight is 410 g/mol. The van der Waals surface area contributed by atoms with Crippen molar-refractivity contribution in [2.75, 3.05) is 11.9 Å². The maximum Gasteiger partial charge on any atom is 0.227 e. The number of carbonyl (C=O) groups excluding carboxylic acids is 1. The maximum atomic E-state index is 14.0. The molecule has 1 N–H and O–H groups in total. The molecule has 2 aromatic carbocycles. The molecule has 0 unspecified atom stereocenters. The Morgan fingerprint density at radius 3 is 2.85 bits per heavy atom. The van der Waals surface area contributed by atoms with Gasteiger partial charge in [-0.1, -0.05) is 29.3 Å². The number of carbonyl (C=O) groups is 1. The van der Waals surface area contributed by atoms with Gasteiger partial charge in [-0.2, -0.15) is 4.68 Å². The summed E-state index contributed by atoms with van der Waals surface area (Å²) in [4.78, 5) is 12.1. The van der Waals surface area contributed by atoms with Gasteiger partial charge in [-0.25, -0.2) is 4.39 Å². The van der Waals surface area contributed by atoms with E-state index in [2.05, 4.69) is 20.8 Å². The molecular formula is C17H14Cl2FN5O2. The summed E-state index contributed by atoms with van der Waals surface area (Å²) >= 11 is 11.9. The van der Waals surface area contributed by atoms with E-state index in [9.17, 15) is 9.18 Å². The van der Waals surface area contributed by atoms with Crippen molar-refractivity contribution in [2.45, 2.75) is 13.3 Å². The molecule has 140 valence electrons. The second kappa shape index (κ2) is 8.32. The third-order valence-corrected chi connectivity index (χ3v) is 4.40. The summed E-state index contributed by atoms with van der Waals surface area (Å²) in [5, 5.41) is 14.3.